The molecule has 0 amide bonds. The van der Waals surface area contributed by atoms with E-state index in [0.717, 1.165) is 15.8 Å². The van der Waals surface area contributed by atoms with Gasteiger partial charge in [-0.2, -0.15) is 0 Å². The first-order valence-corrected chi connectivity index (χ1v) is 8.04. The fourth-order valence-corrected chi connectivity index (χ4v) is 2.22. The lowest BCUT2D eigenvalue weighted by Gasteiger charge is -2.22. The molecule has 0 aromatic heterocycles. The highest BCUT2D eigenvalue weighted by molar-refractivity contribution is 9.10. The first-order valence-electron chi connectivity index (χ1n) is 7.24. The Labute approximate surface area is 136 Å². The van der Waals surface area contributed by atoms with E-state index in [2.05, 4.69) is 42.0 Å². The summed E-state index contributed by atoms with van der Waals surface area (Å²) in [5.74, 6) is 0.768. The predicted octanol–water partition coefficient (Wildman–Crippen LogP) is 3.11. The van der Waals surface area contributed by atoms with Crippen LogP contribution < -0.4 is 10.1 Å². The average Bonchev–Trinajstić information content (AvgIpc) is 2.41. The molecule has 4 nitrogen and oxygen atoms in total. The van der Waals surface area contributed by atoms with Crippen molar-refractivity contribution in [1.82, 2.24) is 5.32 Å². The van der Waals surface area contributed by atoms with Crippen LogP contribution in [0.5, 0.6) is 5.75 Å². The summed E-state index contributed by atoms with van der Waals surface area (Å²) < 4.78 is 11.8. The van der Waals surface area contributed by atoms with Gasteiger partial charge in [-0.3, -0.25) is 0 Å². The third-order valence-electron chi connectivity index (χ3n) is 2.79. The molecule has 0 fully saturated rings. The second-order valence-electron chi connectivity index (χ2n) is 5.96. The lowest BCUT2D eigenvalue weighted by atomic mass is 10.1. The smallest absolute Gasteiger partial charge is 0.138 e. The molecule has 0 saturated carbocycles. The van der Waals surface area contributed by atoms with E-state index in [-0.39, 0.29) is 18.8 Å². The number of ether oxygens (including phenoxy) is 2. The molecule has 0 bridgehead atoms. The van der Waals surface area contributed by atoms with Crippen LogP contribution in [-0.2, 0) is 11.3 Å². The Morgan fingerprint density at radius 2 is 2.00 bits per heavy atom. The van der Waals surface area contributed by atoms with Crippen LogP contribution in [0, 0.1) is 0 Å². The molecule has 21 heavy (non-hydrogen) atoms. The highest BCUT2D eigenvalue weighted by Gasteiger charge is 2.14. The number of benzene rings is 1. The maximum Gasteiger partial charge on any atom is 0.138 e. The number of halogens is 1. The first kappa shape index (κ1) is 18.4. The number of nitrogens with one attached hydrogen (secondary N) is 1. The van der Waals surface area contributed by atoms with E-state index in [1.54, 1.807) is 0 Å². The molecule has 1 aromatic carbocycles. The molecule has 0 aliphatic rings. The van der Waals surface area contributed by atoms with E-state index in [9.17, 15) is 5.11 Å². The third-order valence-corrected chi connectivity index (χ3v) is 3.42. The number of aliphatic hydroxyl groups excluding tert-OH is 1. The van der Waals surface area contributed by atoms with Gasteiger partial charge in [0, 0.05) is 24.3 Å². The highest BCUT2D eigenvalue weighted by Crippen LogP contribution is 2.29. The predicted molar refractivity (Wildman–Crippen MR) is 88.7 cm³/mol. The van der Waals surface area contributed by atoms with E-state index in [1.807, 2.05) is 25.1 Å². The van der Waals surface area contributed by atoms with E-state index < -0.39 is 6.10 Å². The molecular formula is C16H26BrNO3. The molecule has 0 aliphatic carbocycles. The molecule has 0 saturated heterocycles. The fraction of sp³-hybridized carbons (Fsp3) is 0.625. The van der Waals surface area contributed by atoms with E-state index >= 15 is 0 Å². The van der Waals surface area contributed by atoms with Crippen molar-refractivity contribution >= 4 is 15.9 Å². The van der Waals surface area contributed by atoms with Crippen molar-refractivity contribution in [2.75, 3.05) is 19.8 Å². The van der Waals surface area contributed by atoms with Gasteiger partial charge < -0.3 is 19.9 Å². The lowest BCUT2D eigenvalue weighted by Crippen LogP contribution is -2.35. The van der Waals surface area contributed by atoms with Gasteiger partial charge in [0.1, 0.15) is 18.5 Å². The van der Waals surface area contributed by atoms with Gasteiger partial charge in [-0.05, 0) is 49.7 Å². The summed E-state index contributed by atoms with van der Waals surface area (Å²) in [5, 5.41) is 13.2. The maximum absolute atomic E-state index is 9.80. The summed E-state index contributed by atoms with van der Waals surface area (Å²) >= 11 is 3.50. The van der Waals surface area contributed by atoms with Crippen LogP contribution in [0.1, 0.15) is 33.3 Å². The van der Waals surface area contributed by atoms with Crippen molar-refractivity contribution in [2.45, 2.75) is 45.9 Å². The molecule has 2 N–H and O–H groups in total. The van der Waals surface area contributed by atoms with Gasteiger partial charge >= 0.3 is 0 Å². The largest absolute Gasteiger partial charge is 0.489 e. The van der Waals surface area contributed by atoms with Gasteiger partial charge in [0.15, 0.2) is 0 Å². The van der Waals surface area contributed by atoms with Gasteiger partial charge in [-0.25, -0.2) is 0 Å². The number of para-hydroxylation sites is 1. The summed E-state index contributed by atoms with van der Waals surface area (Å²) in [6, 6.07) is 5.94. The molecule has 5 heteroatoms. The van der Waals surface area contributed by atoms with Crippen molar-refractivity contribution in [1.29, 1.82) is 0 Å². The van der Waals surface area contributed by atoms with Gasteiger partial charge in [0.25, 0.3) is 0 Å². The van der Waals surface area contributed by atoms with Crippen molar-refractivity contribution in [2.24, 2.45) is 0 Å². The monoisotopic (exact) mass is 359 g/mol. The second-order valence-corrected chi connectivity index (χ2v) is 6.81. The van der Waals surface area contributed by atoms with Crippen LogP contribution in [0.25, 0.3) is 0 Å². The summed E-state index contributed by atoms with van der Waals surface area (Å²) in [6.07, 6.45) is -0.625. The van der Waals surface area contributed by atoms with Crippen LogP contribution in [0.2, 0.25) is 0 Å². The van der Waals surface area contributed by atoms with Crippen LogP contribution in [0.15, 0.2) is 22.7 Å². The molecule has 0 aliphatic heterocycles. The zero-order valence-electron chi connectivity index (χ0n) is 13.3. The Kier molecular flexibility index (Phi) is 7.66. The van der Waals surface area contributed by atoms with Gasteiger partial charge in [0.05, 0.1) is 11.1 Å². The summed E-state index contributed by atoms with van der Waals surface area (Å²) in [4.78, 5) is 0. The standard InChI is InChI=1S/C16H26BrNO3/c1-5-20-10-13(19)11-21-15-12(7-6-8-14(15)17)9-18-16(2,3)4/h6-8,13,18-19H,5,9-11H2,1-4H3. The number of hydrogen-bond donors (Lipinski definition) is 2. The van der Waals surface area contributed by atoms with Crippen molar-refractivity contribution in [3.8, 4) is 5.75 Å². The summed E-state index contributed by atoms with van der Waals surface area (Å²) in [5.41, 5.74) is 1.09. The minimum Gasteiger partial charge on any atom is -0.489 e. The molecule has 1 aromatic rings. The number of rotatable bonds is 8. The molecule has 1 unspecified atom stereocenters. The Balaban J connectivity index is 2.67. The Morgan fingerprint density at radius 1 is 1.29 bits per heavy atom. The normalized spacial score (nSPS) is 13.2. The Hall–Kier alpha value is -0.620. The SMILES string of the molecule is CCOCC(O)COc1c(Br)cccc1CNC(C)(C)C. The van der Waals surface area contributed by atoms with E-state index in [0.29, 0.717) is 13.2 Å². The molecular weight excluding hydrogens is 334 g/mol. The van der Waals surface area contributed by atoms with Gasteiger partial charge in [-0.1, -0.05) is 12.1 Å². The first-order chi connectivity index (χ1) is 9.83. The van der Waals surface area contributed by atoms with Crippen molar-refractivity contribution in [3.05, 3.63) is 28.2 Å². The maximum atomic E-state index is 9.80. The molecule has 120 valence electrons. The van der Waals surface area contributed by atoms with Crippen LogP contribution in [0.3, 0.4) is 0 Å². The van der Waals surface area contributed by atoms with E-state index in [4.69, 9.17) is 9.47 Å². The zero-order valence-corrected chi connectivity index (χ0v) is 14.9. The van der Waals surface area contributed by atoms with Crippen LogP contribution in [-0.4, -0.2) is 36.6 Å². The molecule has 0 radical (unpaired) electrons. The highest BCUT2D eigenvalue weighted by atomic mass is 79.9. The quantitative estimate of drug-likeness (QED) is 0.748. The third kappa shape index (κ3) is 7.27. The van der Waals surface area contributed by atoms with Gasteiger partial charge in [-0.15, -0.1) is 0 Å². The number of aliphatic hydroxyl groups is 1. The van der Waals surface area contributed by atoms with Gasteiger partial charge in [0.2, 0.25) is 0 Å². The molecule has 1 atom stereocenters. The molecule has 1 rings (SSSR count). The Morgan fingerprint density at radius 3 is 2.62 bits per heavy atom. The summed E-state index contributed by atoms with van der Waals surface area (Å²) in [6.45, 7) is 10.1. The van der Waals surface area contributed by atoms with Crippen molar-refractivity contribution in [3.63, 3.8) is 0 Å². The zero-order chi connectivity index (χ0) is 15.9. The average molecular weight is 360 g/mol. The number of hydrogen-bond acceptors (Lipinski definition) is 4. The van der Waals surface area contributed by atoms with Crippen molar-refractivity contribution < 1.29 is 14.6 Å². The Bertz CT molecular complexity index is 432. The molecule has 0 spiro atoms. The molecule has 0 heterocycles. The minimum atomic E-state index is -0.625. The minimum absolute atomic E-state index is 0.0358. The fourth-order valence-electron chi connectivity index (χ4n) is 1.70. The van der Waals surface area contributed by atoms with E-state index in [1.165, 1.54) is 0 Å². The summed E-state index contributed by atoms with van der Waals surface area (Å²) in [7, 11) is 0. The van der Waals surface area contributed by atoms with Crippen LogP contribution in [0.4, 0.5) is 0 Å². The van der Waals surface area contributed by atoms with Crippen LogP contribution >= 0.6 is 15.9 Å². The lowest BCUT2D eigenvalue weighted by molar-refractivity contribution is 0.0161. The topological polar surface area (TPSA) is 50.7 Å². The second kappa shape index (κ2) is 8.73.